The van der Waals surface area contributed by atoms with E-state index in [4.69, 9.17) is 5.26 Å². The van der Waals surface area contributed by atoms with Crippen LogP contribution in [0.1, 0.15) is 24.1 Å². The number of piperidine rings is 1. The Morgan fingerprint density at radius 1 is 1.08 bits per heavy atom. The van der Waals surface area contributed by atoms with Gasteiger partial charge in [0, 0.05) is 31.2 Å². The number of amides is 1. The Hall–Kier alpha value is -2.87. The number of benzene rings is 1. The summed E-state index contributed by atoms with van der Waals surface area (Å²) in [6, 6.07) is 15.8. The van der Waals surface area contributed by atoms with E-state index < -0.39 is 0 Å². The summed E-state index contributed by atoms with van der Waals surface area (Å²) in [6.45, 7) is 2.39. The molecule has 0 atom stereocenters. The van der Waals surface area contributed by atoms with E-state index in [2.05, 4.69) is 22.0 Å². The third-order valence-electron chi connectivity index (χ3n) is 5.17. The maximum Gasteiger partial charge on any atom is 0.230 e. The highest BCUT2D eigenvalue weighted by Crippen LogP contribution is 2.31. The highest BCUT2D eigenvalue weighted by Gasteiger charge is 2.32. The number of para-hydroxylation sites is 1. The van der Waals surface area contributed by atoms with Gasteiger partial charge in [0.1, 0.15) is 17.6 Å². The number of anilines is 2. The molecule has 126 valence electrons. The number of nitriles is 1. The standard InChI is InChI=1S/C20H20N4O/c21-14-17-5-3-7-19(22-17)23-11-8-16(9-12-23)20(25)24-13-10-15-4-1-2-6-18(15)24/h1-7,16H,8-13H2. The maximum absolute atomic E-state index is 13.0. The molecule has 1 fully saturated rings. The second kappa shape index (κ2) is 6.56. The van der Waals surface area contributed by atoms with Crippen LogP contribution in [0.5, 0.6) is 0 Å². The van der Waals surface area contributed by atoms with Crippen LogP contribution < -0.4 is 9.80 Å². The fourth-order valence-corrected chi connectivity index (χ4v) is 3.80. The average Bonchev–Trinajstić information content (AvgIpc) is 3.12. The molecular weight excluding hydrogens is 312 g/mol. The SMILES string of the molecule is N#Cc1cccc(N2CCC(C(=O)N3CCc4ccccc43)CC2)n1. The lowest BCUT2D eigenvalue weighted by Crippen LogP contribution is -2.42. The van der Waals surface area contributed by atoms with Crippen molar-refractivity contribution >= 4 is 17.4 Å². The Balaban J connectivity index is 1.42. The number of carbonyl (C=O) groups is 1. The van der Waals surface area contributed by atoms with E-state index in [9.17, 15) is 4.79 Å². The van der Waals surface area contributed by atoms with Gasteiger partial charge in [-0.25, -0.2) is 4.98 Å². The van der Waals surface area contributed by atoms with E-state index in [1.54, 1.807) is 6.07 Å². The molecule has 1 saturated heterocycles. The van der Waals surface area contributed by atoms with E-state index in [0.717, 1.165) is 50.4 Å². The summed E-state index contributed by atoms with van der Waals surface area (Å²) in [4.78, 5) is 21.4. The molecule has 1 amide bonds. The Bertz CT molecular complexity index is 834. The maximum atomic E-state index is 13.0. The topological polar surface area (TPSA) is 60.2 Å². The van der Waals surface area contributed by atoms with Crippen molar-refractivity contribution in [3.05, 3.63) is 53.7 Å². The smallest absolute Gasteiger partial charge is 0.230 e. The summed E-state index contributed by atoms with van der Waals surface area (Å²) in [6.07, 6.45) is 2.61. The predicted molar refractivity (Wildman–Crippen MR) is 96.4 cm³/mol. The summed E-state index contributed by atoms with van der Waals surface area (Å²) < 4.78 is 0. The van der Waals surface area contributed by atoms with Gasteiger partial charge in [-0.05, 0) is 43.0 Å². The molecule has 0 unspecified atom stereocenters. The molecule has 1 aromatic heterocycles. The van der Waals surface area contributed by atoms with Crippen molar-refractivity contribution in [3.63, 3.8) is 0 Å². The van der Waals surface area contributed by atoms with Gasteiger partial charge in [-0.3, -0.25) is 4.79 Å². The molecule has 2 aromatic rings. The highest BCUT2D eigenvalue weighted by atomic mass is 16.2. The molecule has 4 rings (SSSR count). The third kappa shape index (κ3) is 2.96. The fourth-order valence-electron chi connectivity index (χ4n) is 3.80. The molecule has 0 N–H and O–H groups in total. The zero-order valence-corrected chi connectivity index (χ0v) is 14.1. The van der Waals surface area contributed by atoms with Gasteiger partial charge in [0.05, 0.1) is 0 Å². The predicted octanol–water partition coefficient (Wildman–Crippen LogP) is 2.76. The van der Waals surface area contributed by atoms with Gasteiger partial charge in [-0.1, -0.05) is 24.3 Å². The molecular formula is C20H20N4O. The lowest BCUT2D eigenvalue weighted by molar-refractivity contribution is -0.122. The first-order chi connectivity index (χ1) is 12.3. The minimum atomic E-state index is 0.0709. The van der Waals surface area contributed by atoms with Gasteiger partial charge in [-0.2, -0.15) is 5.26 Å². The minimum Gasteiger partial charge on any atom is -0.357 e. The molecule has 25 heavy (non-hydrogen) atoms. The molecule has 5 nitrogen and oxygen atoms in total. The van der Waals surface area contributed by atoms with E-state index in [-0.39, 0.29) is 11.8 Å². The lowest BCUT2D eigenvalue weighted by atomic mass is 9.95. The van der Waals surface area contributed by atoms with Gasteiger partial charge < -0.3 is 9.80 Å². The first-order valence-corrected chi connectivity index (χ1v) is 8.77. The van der Waals surface area contributed by atoms with Crippen LogP contribution in [0.15, 0.2) is 42.5 Å². The summed E-state index contributed by atoms with van der Waals surface area (Å²) >= 11 is 0. The van der Waals surface area contributed by atoms with Crippen molar-refractivity contribution in [2.45, 2.75) is 19.3 Å². The molecule has 0 bridgehead atoms. The number of aromatic nitrogens is 1. The molecule has 0 aliphatic carbocycles. The van der Waals surface area contributed by atoms with Crippen LogP contribution in [0.25, 0.3) is 0 Å². The van der Waals surface area contributed by atoms with E-state index >= 15 is 0 Å². The monoisotopic (exact) mass is 332 g/mol. The average molecular weight is 332 g/mol. The number of pyridine rings is 1. The first kappa shape index (κ1) is 15.6. The first-order valence-electron chi connectivity index (χ1n) is 8.77. The van der Waals surface area contributed by atoms with Crippen molar-refractivity contribution in [1.82, 2.24) is 4.98 Å². The van der Waals surface area contributed by atoms with Gasteiger partial charge >= 0.3 is 0 Å². The quantitative estimate of drug-likeness (QED) is 0.848. The van der Waals surface area contributed by atoms with Crippen LogP contribution in [0.3, 0.4) is 0 Å². The fraction of sp³-hybridized carbons (Fsp3) is 0.350. The summed E-state index contributed by atoms with van der Waals surface area (Å²) in [5.74, 6) is 1.15. The van der Waals surface area contributed by atoms with Gasteiger partial charge in [-0.15, -0.1) is 0 Å². The van der Waals surface area contributed by atoms with Gasteiger partial charge in [0.15, 0.2) is 0 Å². The second-order valence-corrected chi connectivity index (χ2v) is 6.62. The lowest BCUT2D eigenvalue weighted by Gasteiger charge is -2.34. The van der Waals surface area contributed by atoms with E-state index in [1.165, 1.54) is 5.56 Å². The zero-order chi connectivity index (χ0) is 17.2. The Morgan fingerprint density at radius 2 is 1.88 bits per heavy atom. The minimum absolute atomic E-state index is 0.0709. The van der Waals surface area contributed by atoms with Crippen LogP contribution in [-0.2, 0) is 11.2 Å². The number of rotatable bonds is 2. The number of hydrogen-bond donors (Lipinski definition) is 0. The number of fused-ring (bicyclic) bond motifs is 1. The Kier molecular flexibility index (Phi) is 4.10. The van der Waals surface area contributed by atoms with E-state index in [0.29, 0.717) is 5.69 Å². The molecule has 0 radical (unpaired) electrons. The number of hydrogen-bond acceptors (Lipinski definition) is 4. The van der Waals surface area contributed by atoms with E-state index in [1.807, 2.05) is 35.2 Å². The van der Waals surface area contributed by atoms with Crippen molar-refractivity contribution in [1.29, 1.82) is 5.26 Å². The third-order valence-corrected chi connectivity index (χ3v) is 5.17. The van der Waals surface area contributed by atoms with Gasteiger partial charge in [0.25, 0.3) is 0 Å². The number of nitrogens with zero attached hydrogens (tertiary/aromatic N) is 4. The molecule has 5 heteroatoms. The summed E-state index contributed by atoms with van der Waals surface area (Å²) in [7, 11) is 0. The summed E-state index contributed by atoms with van der Waals surface area (Å²) in [5.41, 5.74) is 2.79. The van der Waals surface area contributed by atoms with Crippen LogP contribution in [0.4, 0.5) is 11.5 Å². The summed E-state index contributed by atoms with van der Waals surface area (Å²) in [5, 5.41) is 9.00. The van der Waals surface area contributed by atoms with Crippen LogP contribution in [-0.4, -0.2) is 30.5 Å². The Labute approximate surface area is 147 Å². The van der Waals surface area contributed by atoms with Crippen molar-refractivity contribution < 1.29 is 4.79 Å². The molecule has 3 heterocycles. The van der Waals surface area contributed by atoms with Crippen molar-refractivity contribution in [2.75, 3.05) is 29.4 Å². The molecule has 2 aliphatic heterocycles. The molecule has 0 spiro atoms. The molecule has 2 aliphatic rings. The van der Waals surface area contributed by atoms with Crippen LogP contribution in [0, 0.1) is 17.2 Å². The highest BCUT2D eigenvalue weighted by molar-refractivity contribution is 5.97. The second-order valence-electron chi connectivity index (χ2n) is 6.62. The number of carbonyl (C=O) groups excluding carboxylic acids is 1. The normalized spacial score (nSPS) is 17.2. The molecule has 1 aromatic carbocycles. The van der Waals surface area contributed by atoms with Crippen molar-refractivity contribution in [3.8, 4) is 6.07 Å². The molecule has 0 saturated carbocycles. The largest absolute Gasteiger partial charge is 0.357 e. The van der Waals surface area contributed by atoms with Crippen molar-refractivity contribution in [2.24, 2.45) is 5.92 Å². The van der Waals surface area contributed by atoms with Crippen LogP contribution >= 0.6 is 0 Å². The Morgan fingerprint density at radius 3 is 2.68 bits per heavy atom. The van der Waals surface area contributed by atoms with Gasteiger partial charge in [0.2, 0.25) is 5.91 Å². The van der Waals surface area contributed by atoms with Crippen LogP contribution in [0.2, 0.25) is 0 Å². The zero-order valence-electron chi connectivity index (χ0n) is 14.1.